The van der Waals surface area contributed by atoms with Crippen LogP contribution in [0.15, 0.2) is 12.1 Å². The summed E-state index contributed by atoms with van der Waals surface area (Å²) >= 11 is 0. The van der Waals surface area contributed by atoms with E-state index < -0.39 is 11.6 Å². The number of benzene rings is 1. The fraction of sp³-hybridized carbons (Fsp3) is 0.647. The normalized spacial score (nSPS) is 18.0. The maximum atomic E-state index is 14.4. The molecular weight excluding hydrogens is 270 g/mol. The fourth-order valence-corrected chi connectivity index (χ4v) is 2.79. The predicted octanol–water partition coefficient (Wildman–Crippen LogP) is 3.84. The minimum Gasteiger partial charge on any atom is -0.364 e. The monoisotopic (exact) mass is 294 g/mol. The first-order valence-corrected chi connectivity index (χ1v) is 8.14. The second kappa shape index (κ2) is 6.30. The number of hydrogen-bond donors (Lipinski definition) is 1. The first kappa shape index (κ1) is 14.8. The van der Waals surface area contributed by atoms with E-state index in [1.54, 1.807) is 0 Å². The smallest absolute Gasteiger partial charge is 0.149 e. The summed E-state index contributed by atoms with van der Waals surface area (Å²) in [7, 11) is 0. The Kier molecular flexibility index (Phi) is 4.43. The Morgan fingerprint density at radius 1 is 1.14 bits per heavy atom. The number of halogens is 2. The molecule has 2 aliphatic rings. The lowest BCUT2D eigenvalue weighted by Gasteiger charge is -2.26. The molecule has 0 aliphatic heterocycles. The van der Waals surface area contributed by atoms with E-state index >= 15 is 0 Å². The van der Waals surface area contributed by atoms with Crippen molar-refractivity contribution in [3.8, 4) is 0 Å². The first-order chi connectivity index (χ1) is 10.2. The zero-order valence-electron chi connectivity index (χ0n) is 12.7. The molecule has 2 saturated carbocycles. The van der Waals surface area contributed by atoms with Gasteiger partial charge in [-0.25, -0.2) is 8.78 Å². The van der Waals surface area contributed by atoms with Gasteiger partial charge in [0.1, 0.15) is 17.3 Å². The summed E-state index contributed by atoms with van der Waals surface area (Å²) in [6, 6.07) is 3.32. The largest absolute Gasteiger partial charge is 0.364 e. The molecule has 0 aromatic heterocycles. The van der Waals surface area contributed by atoms with Crippen LogP contribution in [-0.2, 0) is 6.54 Å². The van der Waals surface area contributed by atoms with Gasteiger partial charge in [-0.1, -0.05) is 6.92 Å². The number of nitrogens with one attached hydrogen (secondary N) is 1. The molecule has 2 fully saturated rings. The summed E-state index contributed by atoms with van der Waals surface area (Å²) in [5, 5.41) is 3.18. The number of rotatable bonds is 8. The van der Waals surface area contributed by atoms with Crippen LogP contribution in [0.5, 0.6) is 0 Å². The molecule has 3 rings (SSSR count). The Bertz CT molecular complexity index is 473. The maximum Gasteiger partial charge on any atom is 0.149 e. The lowest BCUT2D eigenvalue weighted by Crippen LogP contribution is -2.30. The van der Waals surface area contributed by atoms with E-state index in [0.717, 1.165) is 32.4 Å². The van der Waals surface area contributed by atoms with Gasteiger partial charge >= 0.3 is 0 Å². The molecule has 0 bridgehead atoms. The van der Waals surface area contributed by atoms with Gasteiger partial charge in [0, 0.05) is 19.1 Å². The maximum absolute atomic E-state index is 14.4. The van der Waals surface area contributed by atoms with Crippen molar-refractivity contribution in [2.75, 3.05) is 18.0 Å². The molecule has 1 N–H and O–H groups in total. The summed E-state index contributed by atoms with van der Waals surface area (Å²) in [5.74, 6) is -0.179. The molecule has 0 atom stereocenters. The van der Waals surface area contributed by atoms with Crippen LogP contribution in [0.25, 0.3) is 0 Å². The van der Waals surface area contributed by atoms with E-state index in [2.05, 4.69) is 12.2 Å². The molecule has 0 spiro atoms. The van der Waals surface area contributed by atoms with Crippen LogP contribution in [-0.4, -0.2) is 19.1 Å². The molecule has 0 unspecified atom stereocenters. The minimum atomic E-state index is -0.407. The van der Waals surface area contributed by atoms with Crippen molar-refractivity contribution >= 4 is 5.69 Å². The van der Waals surface area contributed by atoms with Gasteiger partial charge in [0.2, 0.25) is 0 Å². The third-order valence-corrected chi connectivity index (χ3v) is 4.26. The Balaban J connectivity index is 1.76. The van der Waals surface area contributed by atoms with Crippen molar-refractivity contribution in [2.24, 2.45) is 5.92 Å². The number of nitrogens with zero attached hydrogens (tertiary/aromatic N) is 1. The van der Waals surface area contributed by atoms with Gasteiger partial charge in [-0.2, -0.15) is 0 Å². The predicted molar refractivity (Wildman–Crippen MR) is 81.4 cm³/mol. The summed E-state index contributed by atoms with van der Waals surface area (Å²) in [5.41, 5.74) is 0.882. The first-order valence-electron chi connectivity index (χ1n) is 8.14. The summed E-state index contributed by atoms with van der Waals surface area (Å²) in [4.78, 5) is 1.98. The van der Waals surface area contributed by atoms with E-state index in [1.807, 2.05) is 4.90 Å². The molecule has 0 saturated heterocycles. The van der Waals surface area contributed by atoms with E-state index in [-0.39, 0.29) is 5.69 Å². The van der Waals surface area contributed by atoms with Crippen molar-refractivity contribution in [3.63, 3.8) is 0 Å². The molecule has 1 aromatic carbocycles. The van der Waals surface area contributed by atoms with Gasteiger partial charge in [0.15, 0.2) is 0 Å². The summed E-state index contributed by atoms with van der Waals surface area (Å²) < 4.78 is 28.8. The molecule has 21 heavy (non-hydrogen) atoms. The Labute approximate surface area is 125 Å². The van der Waals surface area contributed by atoms with Gasteiger partial charge in [0.05, 0.1) is 0 Å². The second-order valence-electron chi connectivity index (χ2n) is 6.41. The van der Waals surface area contributed by atoms with Gasteiger partial charge in [0.25, 0.3) is 0 Å². The molecule has 2 aliphatic carbocycles. The van der Waals surface area contributed by atoms with Gasteiger partial charge < -0.3 is 10.2 Å². The average molecular weight is 294 g/mol. The van der Waals surface area contributed by atoms with Crippen molar-refractivity contribution in [3.05, 3.63) is 29.3 Å². The molecule has 0 radical (unpaired) electrons. The number of anilines is 1. The second-order valence-corrected chi connectivity index (χ2v) is 6.41. The molecule has 4 heteroatoms. The summed E-state index contributed by atoms with van der Waals surface area (Å²) in [6.07, 6.45) is 5.54. The van der Waals surface area contributed by atoms with Gasteiger partial charge in [-0.15, -0.1) is 0 Å². The zero-order chi connectivity index (χ0) is 14.8. The Morgan fingerprint density at radius 3 is 2.33 bits per heavy atom. The van der Waals surface area contributed by atoms with Crippen LogP contribution in [0, 0.1) is 17.6 Å². The van der Waals surface area contributed by atoms with Gasteiger partial charge in [-0.3, -0.25) is 0 Å². The molecule has 0 amide bonds. The highest BCUT2D eigenvalue weighted by atomic mass is 19.1. The van der Waals surface area contributed by atoms with Crippen molar-refractivity contribution in [1.29, 1.82) is 0 Å². The van der Waals surface area contributed by atoms with Crippen LogP contribution in [0.2, 0.25) is 0 Å². The van der Waals surface area contributed by atoms with Gasteiger partial charge in [-0.05, 0) is 62.3 Å². The average Bonchev–Trinajstić information content (AvgIpc) is 3.31. The molecule has 2 nitrogen and oxygen atoms in total. The standard InChI is InChI=1S/C17H24F2N2/c1-2-7-20-10-13-8-15(18)17(16(19)9-13)21(14-5-6-14)11-12-3-4-12/h8-9,12,14,20H,2-7,10-11H2,1H3. The third-order valence-electron chi connectivity index (χ3n) is 4.26. The van der Waals surface area contributed by atoms with E-state index in [9.17, 15) is 8.78 Å². The van der Waals surface area contributed by atoms with Crippen LogP contribution in [0.3, 0.4) is 0 Å². The topological polar surface area (TPSA) is 15.3 Å². The van der Waals surface area contributed by atoms with Crippen LogP contribution < -0.4 is 10.2 Å². The quantitative estimate of drug-likeness (QED) is 0.733. The van der Waals surface area contributed by atoms with Crippen molar-refractivity contribution < 1.29 is 8.78 Å². The van der Waals surface area contributed by atoms with Crippen LogP contribution >= 0.6 is 0 Å². The molecule has 1 aromatic rings. The SMILES string of the molecule is CCCNCc1cc(F)c(N(CC2CC2)C2CC2)c(F)c1. The van der Waals surface area contributed by atoms with Crippen molar-refractivity contribution in [2.45, 2.75) is 51.6 Å². The van der Waals surface area contributed by atoms with E-state index in [4.69, 9.17) is 0 Å². The Morgan fingerprint density at radius 2 is 1.81 bits per heavy atom. The molecular formula is C17H24F2N2. The molecule has 0 heterocycles. The zero-order valence-corrected chi connectivity index (χ0v) is 12.7. The third kappa shape index (κ3) is 3.73. The van der Waals surface area contributed by atoms with E-state index in [0.29, 0.717) is 24.1 Å². The highest BCUT2D eigenvalue weighted by Crippen LogP contribution is 2.39. The van der Waals surface area contributed by atoms with Crippen LogP contribution in [0.4, 0.5) is 14.5 Å². The Hall–Kier alpha value is -1.16. The highest BCUT2D eigenvalue weighted by Gasteiger charge is 2.36. The van der Waals surface area contributed by atoms with Crippen LogP contribution in [0.1, 0.15) is 44.6 Å². The van der Waals surface area contributed by atoms with Crippen molar-refractivity contribution in [1.82, 2.24) is 5.32 Å². The highest BCUT2D eigenvalue weighted by molar-refractivity contribution is 5.53. The molecule has 116 valence electrons. The minimum absolute atomic E-state index is 0.198. The lowest BCUT2D eigenvalue weighted by atomic mass is 10.1. The number of hydrogen-bond acceptors (Lipinski definition) is 2. The fourth-order valence-electron chi connectivity index (χ4n) is 2.79. The lowest BCUT2D eigenvalue weighted by molar-refractivity contribution is 0.557. The van der Waals surface area contributed by atoms with E-state index in [1.165, 1.54) is 25.0 Å². The summed E-state index contributed by atoms with van der Waals surface area (Å²) in [6.45, 7) is 4.27.